The first kappa shape index (κ1) is 16.5. The van der Waals surface area contributed by atoms with Crippen LogP contribution in [0.25, 0.3) is 0 Å². The molecule has 1 rings (SSSR count). The van der Waals surface area contributed by atoms with Gasteiger partial charge in [-0.2, -0.15) is 0 Å². The van der Waals surface area contributed by atoms with E-state index in [4.69, 9.17) is 14.2 Å². The predicted octanol–water partition coefficient (Wildman–Crippen LogP) is 4.22. The minimum absolute atomic E-state index is 0.0355. The fourth-order valence-corrected chi connectivity index (χ4v) is 2.56. The Hall–Kier alpha value is -0.580. The van der Waals surface area contributed by atoms with Crippen molar-refractivity contribution in [1.29, 1.82) is 0 Å². The number of methoxy groups -OCH3 is 3. The highest BCUT2D eigenvalue weighted by Crippen LogP contribution is 2.41. The second-order valence-corrected chi connectivity index (χ2v) is 6.50. The Morgan fingerprint density at radius 2 is 1.47 bits per heavy atom. The third-order valence-corrected chi connectivity index (χ3v) is 3.95. The third-order valence-electron chi connectivity index (χ3n) is 3.36. The van der Waals surface area contributed by atoms with Gasteiger partial charge in [-0.3, -0.25) is 0 Å². The summed E-state index contributed by atoms with van der Waals surface area (Å²) < 4.78 is 17.4. The summed E-state index contributed by atoms with van der Waals surface area (Å²) in [7, 11) is 4.96. The Morgan fingerprint density at radius 3 is 1.84 bits per heavy atom. The molecule has 0 amide bonds. The average Bonchev–Trinajstić information content (AvgIpc) is 2.35. The van der Waals surface area contributed by atoms with Crippen molar-refractivity contribution in [1.82, 2.24) is 0 Å². The summed E-state index contributed by atoms with van der Waals surface area (Å²) in [6.07, 6.45) is 0. The molecule has 0 aliphatic carbocycles. The molecule has 0 fully saturated rings. The highest BCUT2D eigenvalue weighted by atomic mass is 79.9. The van der Waals surface area contributed by atoms with Crippen LogP contribution in [0, 0.1) is 0 Å². The van der Waals surface area contributed by atoms with E-state index in [0.717, 1.165) is 21.3 Å². The first-order chi connectivity index (χ1) is 8.69. The van der Waals surface area contributed by atoms with Crippen LogP contribution in [-0.4, -0.2) is 21.3 Å². The molecule has 0 atom stereocenters. The van der Waals surface area contributed by atoms with Gasteiger partial charge in [0.2, 0.25) is 0 Å². The summed E-state index contributed by atoms with van der Waals surface area (Å²) in [6, 6.07) is 4.05. The van der Waals surface area contributed by atoms with Crippen molar-refractivity contribution in [3.63, 3.8) is 0 Å². The zero-order valence-corrected chi connectivity index (χ0v) is 14.3. The molecule has 0 N–H and O–H groups in total. The first-order valence-corrected chi connectivity index (χ1v) is 6.97. The standard InChI is InChI=1S/C15H23BrO3/c1-14(2,3)11-8-10(15(4,18-6)19-7)9-12(16)13(11)17-5/h8-9H,1-7H3. The lowest BCUT2D eigenvalue weighted by Crippen LogP contribution is -2.27. The van der Waals surface area contributed by atoms with Crippen LogP contribution < -0.4 is 4.74 Å². The molecule has 0 aliphatic rings. The number of benzene rings is 1. The molecule has 1 aromatic carbocycles. The maximum atomic E-state index is 5.51. The van der Waals surface area contributed by atoms with Crippen molar-refractivity contribution >= 4 is 15.9 Å². The third kappa shape index (κ3) is 3.30. The lowest BCUT2D eigenvalue weighted by Gasteiger charge is -2.30. The van der Waals surface area contributed by atoms with Crippen LogP contribution in [0.5, 0.6) is 5.75 Å². The van der Waals surface area contributed by atoms with Crippen molar-refractivity contribution in [2.45, 2.75) is 38.9 Å². The van der Waals surface area contributed by atoms with Crippen LogP contribution in [-0.2, 0) is 20.7 Å². The van der Waals surface area contributed by atoms with E-state index in [9.17, 15) is 0 Å². The van der Waals surface area contributed by atoms with Crippen LogP contribution in [0.15, 0.2) is 16.6 Å². The number of halogens is 1. The normalized spacial score (nSPS) is 12.6. The molecule has 0 bridgehead atoms. The summed E-state index contributed by atoms with van der Waals surface area (Å²) in [4.78, 5) is 0. The van der Waals surface area contributed by atoms with E-state index in [2.05, 4.69) is 42.8 Å². The molecule has 4 heteroatoms. The molecule has 3 nitrogen and oxygen atoms in total. The Labute approximate surface area is 124 Å². The van der Waals surface area contributed by atoms with Crippen molar-refractivity contribution in [3.05, 3.63) is 27.7 Å². The lowest BCUT2D eigenvalue weighted by molar-refractivity contribution is -0.201. The molecule has 0 spiro atoms. The second-order valence-electron chi connectivity index (χ2n) is 5.64. The monoisotopic (exact) mass is 330 g/mol. The van der Waals surface area contributed by atoms with Gasteiger partial charge in [0.15, 0.2) is 5.79 Å². The average molecular weight is 331 g/mol. The van der Waals surface area contributed by atoms with Gasteiger partial charge >= 0.3 is 0 Å². The van der Waals surface area contributed by atoms with E-state index < -0.39 is 5.79 Å². The van der Waals surface area contributed by atoms with Gasteiger partial charge in [-0.15, -0.1) is 0 Å². The Morgan fingerprint density at radius 1 is 0.947 bits per heavy atom. The van der Waals surface area contributed by atoms with Gasteiger partial charge < -0.3 is 14.2 Å². The largest absolute Gasteiger partial charge is 0.495 e. The molecule has 19 heavy (non-hydrogen) atoms. The SMILES string of the molecule is COc1c(Br)cc(C(C)(OC)OC)cc1C(C)(C)C. The molecular weight excluding hydrogens is 308 g/mol. The first-order valence-electron chi connectivity index (χ1n) is 6.18. The zero-order valence-electron chi connectivity index (χ0n) is 12.8. The summed E-state index contributed by atoms with van der Waals surface area (Å²) in [5.74, 6) is 0.0835. The van der Waals surface area contributed by atoms with Crippen LogP contribution in [0.2, 0.25) is 0 Å². The molecule has 0 aliphatic heterocycles. The number of hydrogen-bond acceptors (Lipinski definition) is 3. The molecule has 0 aromatic heterocycles. The highest BCUT2D eigenvalue weighted by Gasteiger charge is 2.30. The van der Waals surface area contributed by atoms with E-state index in [-0.39, 0.29) is 5.41 Å². The second kappa shape index (κ2) is 5.81. The Bertz CT molecular complexity index is 445. The van der Waals surface area contributed by atoms with Gasteiger partial charge in [0.25, 0.3) is 0 Å². The zero-order chi connectivity index (χ0) is 14.8. The topological polar surface area (TPSA) is 27.7 Å². The van der Waals surface area contributed by atoms with Gasteiger partial charge in [0, 0.05) is 25.3 Å². The number of rotatable bonds is 4. The molecule has 0 saturated carbocycles. The van der Waals surface area contributed by atoms with E-state index in [1.807, 2.05) is 13.0 Å². The Balaban J connectivity index is 3.52. The van der Waals surface area contributed by atoms with Gasteiger partial charge in [0.1, 0.15) is 5.75 Å². The minimum Gasteiger partial charge on any atom is -0.495 e. The number of hydrogen-bond donors (Lipinski definition) is 0. The van der Waals surface area contributed by atoms with Gasteiger partial charge in [-0.05, 0) is 40.4 Å². The molecule has 0 unspecified atom stereocenters. The molecule has 108 valence electrons. The van der Waals surface area contributed by atoms with Crippen LogP contribution >= 0.6 is 15.9 Å². The molecule has 1 aromatic rings. The van der Waals surface area contributed by atoms with Crippen LogP contribution in [0.4, 0.5) is 0 Å². The fourth-order valence-electron chi connectivity index (χ4n) is 1.94. The van der Waals surface area contributed by atoms with E-state index in [0.29, 0.717) is 0 Å². The molecule has 0 heterocycles. The number of ether oxygens (including phenoxy) is 3. The van der Waals surface area contributed by atoms with Gasteiger partial charge in [0.05, 0.1) is 11.6 Å². The van der Waals surface area contributed by atoms with Gasteiger partial charge in [-0.25, -0.2) is 0 Å². The fraction of sp³-hybridized carbons (Fsp3) is 0.600. The minimum atomic E-state index is -0.769. The maximum Gasteiger partial charge on any atom is 0.191 e. The Kier molecular flexibility index (Phi) is 5.04. The highest BCUT2D eigenvalue weighted by molar-refractivity contribution is 9.10. The molecular formula is C15H23BrO3. The van der Waals surface area contributed by atoms with Crippen molar-refractivity contribution in [2.75, 3.05) is 21.3 Å². The smallest absolute Gasteiger partial charge is 0.191 e. The summed E-state index contributed by atoms with van der Waals surface area (Å²) in [5.41, 5.74) is 2.03. The van der Waals surface area contributed by atoms with Crippen LogP contribution in [0.3, 0.4) is 0 Å². The van der Waals surface area contributed by atoms with Crippen molar-refractivity contribution < 1.29 is 14.2 Å². The summed E-state index contributed by atoms with van der Waals surface area (Å²) in [5, 5.41) is 0. The van der Waals surface area contributed by atoms with Gasteiger partial charge in [-0.1, -0.05) is 20.8 Å². The maximum absolute atomic E-state index is 5.51. The molecule has 0 radical (unpaired) electrons. The van der Waals surface area contributed by atoms with E-state index in [1.165, 1.54) is 0 Å². The van der Waals surface area contributed by atoms with Crippen molar-refractivity contribution in [2.24, 2.45) is 0 Å². The quantitative estimate of drug-likeness (QED) is 0.773. The molecule has 0 saturated heterocycles. The van der Waals surface area contributed by atoms with Crippen LogP contribution in [0.1, 0.15) is 38.8 Å². The van der Waals surface area contributed by atoms with E-state index in [1.54, 1.807) is 21.3 Å². The van der Waals surface area contributed by atoms with Crippen molar-refractivity contribution in [3.8, 4) is 5.75 Å². The summed E-state index contributed by atoms with van der Waals surface area (Å²) in [6.45, 7) is 8.35. The lowest BCUT2D eigenvalue weighted by atomic mass is 9.84. The van der Waals surface area contributed by atoms with E-state index >= 15 is 0 Å². The summed E-state index contributed by atoms with van der Waals surface area (Å²) >= 11 is 3.57. The predicted molar refractivity (Wildman–Crippen MR) is 80.8 cm³/mol.